The Labute approximate surface area is 181 Å². The highest BCUT2D eigenvalue weighted by Gasteiger charge is 2.12. The van der Waals surface area contributed by atoms with Crippen molar-refractivity contribution in [3.63, 3.8) is 0 Å². The van der Waals surface area contributed by atoms with Gasteiger partial charge in [-0.05, 0) is 30.3 Å². The molecule has 0 amide bonds. The first kappa shape index (κ1) is 20.2. The van der Waals surface area contributed by atoms with Gasteiger partial charge in [0.05, 0.1) is 29.3 Å². The standard InChI is InChI=1S/C18H15Cl2N7O2S/c1-30(28,29)27-14-5-3-2-4-13(14)23-17-12(19)9-21-18(24-17)22-10-6-7-11-15(8-10)25-26-16(11)20/h2-9,27H,1H3,(H,25,26)(H2,21,22,23,24). The number of H-pyrrole nitrogens is 1. The molecule has 0 spiro atoms. The number of halogens is 2. The van der Waals surface area contributed by atoms with Crippen LogP contribution < -0.4 is 15.4 Å². The number of nitrogens with one attached hydrogen (secondary N) is 4. The Bertz CT molecular complexity index is 1340. The fourth-order valence-corrected chi connectivity index (χ4v) is 3.63. The first-order chi connectivity index (χ1) is 14.3. The molecular weight excluding hydrogens is 449 g/mol. The van der Waals surface area contributed by atoms with Crippen LogP contribution in [-0.2, 0) is 10.0 Å². The van der Waals surface area contributed by atoms with Crippen LogP contribution in [0.1, 0.15) is 0 Å². The number of anilines is 5. The van der Waals surface area contributed by atoms with Crippen LogP contribution in [0.15, 0.2) is 48.7 Å². The molecule has 4 rings (SSSR count). The normalized spacial score (nSPS) is 11.4. The number of hydrogen-bond donors (Lipinski definition) is 4. The summed E-state index contributed by atoms with van der Waals surface area (Å²) in [6.45, 7) is 0. The lowest BCUT2D eigenvalue weighted by Gasteiger charge is -2.14. The second kappa shape index (κ2) is 7.98. The zero-order chi connectivity index (χ0) is 21.3. The molecule has 0 aliphatic heterocycles. The minimum absolute atomic E-state index is 0.268. The number of nitrogens with zero attached hydrogens (tertiary/aromatic N) is 3. The molecule has 0 bridgehead atoms. The van der Waals surface area contributed by atoms with Crippen molar-refractivity contribution >= 4 is 73.0 Å². The molecule has 0 unspecified atom stereocenters. The number of fused-ring (bicyclic) bond motifs is 1. The van der Waals surface area contributed by atoms with Gasteiger partial charge in [-0.2, -0.15) is 10.1 Å². The lowest BCUT2D eigenvalue weighted by Crippen LogP contribution is -2.11. The van der Waals surface area contributed by atoms with Crippen LogP contribution in [0.3, 0.4) is 0 Å². The largest absolute Gasteiger partial charge is 0.337 e. The Kier molecular flexibility index (Phi) is 5.37. The average Bonchev–Trinajstić information content (AvgIpc) is 3.05. The van der Waals surface area contributed by atoms with Gasteiger partial charge in [0.15, 0.2) is 5.82 Å². The first-order valence-electron chi connectivity index (χ1n) is 8.55. The average molecular weight is 464 g/mol. The van der Waals surface area contributed by atoms with Crippen molar-refractivity contribution in [2.24, 2.45) is 0 Å². The van der Waals surface area contributed by atoms with Gasteiger partial charge in [-0.1, -0.05) is 35.3 Å². The summed E-state index contributed by atoms with van der Waals surface area (Å²) in [4.78, 5) is 8.57. The van der Waals surface area contributed by atoms with E-state index < -0.39 is 10.0 Å². The number of para-hydroxylation sites is 2. The van der Waals surface area contributed by atoms with E-state index in [0.717, 1.165) is 11.6 Å². The van der Waals surface area contributed by atoms with Crippen molar-refractivity contribution < 1.29 is 8.42 Å². The van der Waals surface area contributed by atoms with E-state index >= 15 is 0 Å². The predicted octanol–water partition coefficient (Wildman–Crippen LogP) is 4.52. The predicted molar refractivity (Wildman–Crippen MR) is 120 cm³/mol. The first-order valence-corrected chi connectivity index (χ1v) is 11.2. The van der Waals surface area contributed by atoms with Crippen LogP contribution >= 0.6 is 23.2 Å². The molecule has 0 aliphatic carbocycles. The lowest BCUT2D eigenvalue weighted by atomic mass is 10.2. The molecule has 2 aromatic carbocycles. The third-order valence-electron chi connectivity index (χ3n) is 3.98. The van der Waals surface area contributed by atoms with Gasteiger partial charge in [-0.25, -0.2) is 13.4 Å². The third-order valence-corrected chi connectivity index (χ3v) is 5.14. The third kappa shape index (κ3) is 4.56. The maximum Gasteiger partial charge on any atom is 0.229 e. The number of hydrogen-bond acceptors (Lipinski definition) is 7. The maximum absolute atomic E-state index is 11.6. The summed E-state index contributed by atoms with van der Waals surface area (Å²) in [6.07, 6.45) is 2.52. The summed E-state index contributed by atoms with van der Waals surface area (Å²) in [6, 6.07) is 12.2. The van der Waals surface area contributed by atoms with Gasteiger partial charge in [0.1, 0.15) is 10.2 Å². The fourth-order valence-electron chi connectivity index (χ4n) is 2.71. The summed E-state index contributed by atoms with van der Waals surface area (Å²) >= 11 is 12.3. The molecule has 0 radical (unpaired) electrons. The number of aromatic amines is 1. The molecular formula is C18H15Cl2N7O2S. The van der Waals surface area contributed by atoms with Crippen LogP contribution in [-0.4, -0.2) is 34.8 Å². The molecule has 154 valence electrons. The number of sulfonamides is 1. The van der Waals surface area contributed by atoms with Crippen LogP contribution in [0.2, 0.25) is 10.2 Å². The van der Waals surface area contributed by atoms with E-state index in [1.165, 1.54) is 6.20 Å². The minimum Gasteiger partial charge on any atom is -0.337 e. The second-order valence-corrected chi connectivity index (χ2v) is 8.86. The highest BCUT2D eigenvalue weighted by Crippen LogP contribution is 2.30. The van der Waals surface area contributed by atoms with Crippen molar-refractivity contribution in [1.29, 1.82) is 0 Å². The van der Waals surface area contributed by atoms with E-state index in [9.17, 15) is 8.42 Å². The summed E-state index contributed by atoms with van der Waals surface area (Å²) in [5.41, 5.74) is 2.25. The van der Waals surface area contributed by atoms with Crippen molar-refractivity contribution in [3.05, 3.63) is 58.8 Å². The number of rotatable bonds is 6. The zero-order valence-electron chi connectivity index (χ0n) is 15.4. The summed E-state index contributed by atoms with van der Waals surface area (Å²) < 4.78 is 25.7. The Balaban J connectivity index is 1.61. The van der Waals surface area contributed by atoms with Crippen molar-refractivity contribution in [1.82, 2.24) is 20.2 Å². The molecule has 0 saturated heterocycles. The molecule has 4 N–H and O–H groups in total. The van der Waals surface area contributed by atoms with Crippen LogP contribution in [0, 0.1) is 0 Å². The number of aromatic nitrogens is 4. The molecule has 0 fully saturated rings. The summed E-state index contributed by atoms with van der Waals surface area (Å²) in [5.74, 6) is 0.595. The Morgan fingerprint density at radius 1 is 1.03 bits per heavy atom. The molecule has 9 nitrogen and oxygen atoms in total. The SMILES string of the molecule is CS(=O)(=O)Nc1ccccc1Nc1nc(Nc2ccc3c(Cl)[nH]nc3c2)ncc1Cl. The minimum atomic E-state index is -3.45. The molecule has 4 aromatic rings. The van der Waals surface area contributed by atoms with Crippen molar-refractivity contribution in [3.8, 4) is 0 Å². The van der Waals surface area contributed by atoms with E-state index in [1.54, 1.807) is 30.3 Å². The maximum atomic E-state index is 11.6. The van der Waals surface area contributed by atoms with Gasteiger partial charge < -0.3 is 10.6 Å². The Hall–Kier alpha value is -3.08. The highest BCUT2D eigenvalue weighted by molar-refractivity contribution is 7.92. The van der Waals surface area contributed by atoms with Crippen LogP contribution in [0.5, 0.6) is 0 Å². The van der Waals surface area contributed by atoms with E-state index in [0.29, 0.717) is 33.5 Å². The molecule has 2 heterocycles. The number of benzene rings is 2. The van der Waals surface area contributed by atoms with E-state index in [-0.39, 0.29) is 11.0 Å². The van der Waals surface area contributed by atoms with E-state index in [2.05, 4.69) is 35.5 Å². The van der Waals surface area contributed by atoms with Crippen LogP contribution in [0.25, 0.3) is 10.9 Å². The lowest BCUT2D eigenvalue weighted by molar-refractivity contribution is 0.607. The van der Waals surface area contributed by atoms with Crippen molar-refractivity contribution in [2.45, 2.75) is 0 Å². The molecule has 0 aliphatic rings. The van der Waals surface area contributed by atoms with Crippen LogP contribution in [0.4, 0.5) is 28.8 Å². The van der Waals surface area contributed by atoms with Crippen molar-refractivity contribution in [2.75, 3.05) is 21.6 Å². The monoisotopic (exact) mass is 463 g/mol. The molecule has 0 atom stereocenters. The molecule has 2 aromatic heterocycles. The topological polar surface area (TPSA) is 125 Å². The van der Waals surface area contributed by atoms with Gasteiger partial charge >= 0.3 is 0 Å². The molecule has 12 heteroatoms. The van der Waals surface area contributed by atoms with Gasteiger partial charge in [0.25, 0.3) is 0 Å². The fraction of sp³-hybridized carbons (Fsp3) is 0.0556. The summed E-state index contributed by atoms with van der Waals surface area (Å²) in [5, 5.41) is 14.5. The summed E-state index contributed by atoms with van der Waals surface area (Å²) in [7, 11) is -3.45. The van der Waals surface area contributed by atoms with E-state index in [1.807, 2.05) is 12.1 Å². The van der Waals surface area contributed by atoms with E-state index in [4.69, 9.17) is 23.2 Å². The molecule has 0 saturated carbocycles. The Morgan fingerprint density at radius 3 is 2.57 bits per heavy atom. The zero-order valence-corrected chi connectivity index (χ0v) is 17.8. The van der Waals surface area contributed by atoms with Gasteiger partial charge in [-0.15, -0.1) is 0 Å². The van der Waals surface area contributed by atoms with Gasteiger partial charge in [0.2, 0.25) is 16.0 Å². The quantitative estimate of drug-likeness (QED) is 0.331. The molecule has 30 heavy (non-hydrogen) atoms. The Morgan fingerprint density at radius 2 is 1.80 bits per heavy atom. The second-order valence-electron chi connectivity index (χ2n) is 6.33. The highest BCUT2D eigenvalue weighted by atomic mass is 35.5. The van der Waals surface area contributed by atoms with Gasteiger partial charge in [0, 0.05) is 11.1 Å². The van der Waals surface area contributed by atoms with Gasteiger partial charge in [-0.3, -0.25) is 9.82 Å². The smallest absolute Gasteiger partial charge is 0.229 e.